The number of hydrogen-bond acceptors (Lipinski definition) is 6. The third-order valence-corrected chi connectivity index (χ3v) is 4.75. The first-order valence-electron chi connectivity index (χ1n) is 8.09. The lowest BCUT2D eigenvalue weighted by Crippen LogP contribution is -2.27. The number of nitrogens with zero attached hydrogens (tertiary/aromatic N) is 3. The molecule has 2 aromatic carbocycles. The molecule has 0 aromatic heterocycles. The van der Waals surface area contributed by atoms with E-state index >= 15 is 0 Å². The summed E-state index contributed by atoms with van der Waals surface area (Å²) in [6, 6.07) is 9.11. The Morgan fingerprint density at radius 3 is 2.64 bits per heavy atom. The van der Waals surface area contributed by atoms with Gasteiger partial charge in [0.05, 0.1) is 35.2 Å². The van der Waals surface area contributed by atoms with Gasteiger partial charge < -0.3 is 14.6 Å². The smallest absolute Gasteiger partial charge is 0.261 e. The van der Waals surface area contributed by atoms with Crippen molar-refractivity contribution < 1.29 is 19.4 Å². The number of halogens is 2. The molecular weight excluding hydrogens is 405 g/mol. The van der Waals surface area contributed by atoms with Crippen LogP contribution in [0.4, 0.5) is 11.4 Å². The van der Waals surface area contributed by atoms with Gasteiger partial charge in [-0.15, -0.1) is 0 Å². The van der Waals surface area contributed by atoms with Gasteiger partial charge in [-0.25, -0.2) is 0 Å². The van der Waals surface area contributed by atoms with Crippen molar-refractivity contribution in [2.45, 2.75) is 6.92 Å². The van der Waals surface area contributed by atoms with Gasteiger partial charge in [0.2, 0.25) is 0 Å². The van der Waals surface area contributed by atoms with Gasteiger partial charge in [0.25, 0.3) is 5.91 Å². The molecule has 1 aliphatic rings. The fourth-order valence-corrected chi connectivity index (χ4v) is 3.02. The molecule has 0 fully saturated rings. The molecule has 7 nitrogen and oxygen atoms in total. The SMILES string of the molecule is COc1cc(N2N=C(C)C(C=Nc3ccc(Cl)c(C(=O)[O-])c3)C2=O)ccc1Cl. The molecule has 0 saturated carbocycles. The normalized spacial score (nSPS) is 16.6. The summed E-state index contributed by atoms with van der Waals surface area (Å²) in [4.78, 5) is 28.0. The Hall–Kier alpha value is -2.90. The molecule has 0 saturated heterocycles. The lowest BCUT2D eigenvalue weighted by atomic mass is 10.1. The molecule has 28 heavy (non-hydrogen) atoms. The number of hydrazone groups is 1. The van der Waals surface area contributed by atoms with Gasteiger partial charge in [-0.05, 0) is 37.3 Å². The van der Waals surface area contributed by atoms with Crippen LogP contribution in [-0.4, -0.2) is 30.9 Å². The van der Waals surface area contributed by atoms with E-state index in [1.54, 1.807) is 31.2 Å². The Morgan fingerprint density at radius 2 is 1.96 bits per heavy atom. The first-order chi connectivity index (χ1) is 13.3. The second kappa shape index (κ2) is 8.00. The van der Waals surface area contributed by atoms with Crippen molar-refractivity contribution in [1.29, 1.82) is 0 Å². The van der Waals surface area contributed by atoms with Gasteiger partial charge in [-0.2, -0.15) is 10.1 Å². The Bertz CT molecular complexity index is 1020. The van der Waals surface area contributed by atoms with Crippen molar-refractivity contribution >= 4 is 58.4 Å². The molecular formula is C19H14Cl2N3O4-. The van der Waals surface area contributed by atoms with Crippen molar-refractivity contribution in [2.75, 3.05) is 12.1 Å². The average Bonchev–Trinajstić information content (AvgIpc) is 2.95. The number of carboxylic acids is 1. The van der Waals surface area contributed by atoms with Gasteiger partial charge >= 0.3 is 0 Å². The minimum absolute atomic E-state index is 0.0523. The van der Waals surface area contributed by atoms with Crippen LogP contribution in [0.25, 0.3) is 0 Å². The van der Waals surface area contributed by atoms with E-state index in [0.29, 0.717) is 27.9 Å². The first-order valence-corrected chi connectivity index (χ1v) is 8.85. The van der Waals surface area contributed by atoms with Gasteiger partial charge in [0, 0.05) is 22.9 Å². The summed E-state index contributed by atoms with van der Waals surface area (Å²) in [7, 11) is 1.48. The molecule has 0 bridgehead atoms. The highest BCUT2D eigenvalue weighted by atomic mass is 35.5. The molecule has 3 rings (SSSR count). The van der Waals surface area contributed by atoms with Crippen molar-refractivity contribution in [1.82, 2.24) is 0 Å². The number of carbonyl (C=O) groups is 2. The zero-order chi connectivity index (χ0) is 20.4. The van der Waals surface area contributed by atoms with Crippen LogP contribution in [0, 0.1) is 5.92 Å². The Kier molecular flexibility index (Phi) is 5.67. The van der Waals surface area contributed by atoms with E-state index in [1.807, 2.05) is 0 Å². The fourth-order valence-electron chi connectivity index (χ4n) is 2.63. The van der Waals surface area contributed by atoms with E-state index < -0.39 is 11.9 Å². The lowest BCUT2D eigenvalue weighted by molar-refractivity contribution is -0.255. The van der Waals surface area contributed by atoms with Crippen molar-refractivity contribution in [3.63, 3.8) is 0 Å². The summed E-state index contributed by atoms with van der Waals surface area (Å²) in [6.07, 6.45) is 1.41. The number of rotatable bonds is 5. The maximum Gasteiger partial charge on any atom is 0.261 e. The van der Waals surface area contributed by atoms with Crippen molar-refractivity contribution in [3.05, 3.63) is 52.0 Å². The van der Waals surface area contributed by atoms with Crippen LogP contribution in [0.5, 0.6) is 5.75 Å². The van der Waals surface area contributed by atoms with Crippen LogP contribution in [0.1, 0.15) is 17.3 Å². The van der Waals surface area contributed by atoms with E-state index in [9.17, 15) is 14.7 Å². The number of aliphatic imine (C=N–C) groups is 1. The third kappa shape index (κ3) is 3.85. The maximum absolute atomic E-state index is 12.8. The summed E-state index contributed by atoms with van der Waals surface area (Å²) < 4.78 is 5.17. The lowest BCUT2D eigenvalue weighted by Gasteiger charge is -2.14. The summed E-state index contributed by atoms with van der Waals surface area (Å²) in [5.74, 6) is -1.98. The standard InChI is InChI=1S/C19H15Cl2N3O4/c1-10-14(9-22-11-3-5-15(20)13(7-11)19(26)27)18(25)24(23-10)12-4-6-16(21)17(8-12)28-2/h3-9,14H,1-2H3,(H,26,27)/p-1. The first kappa shape index (κ1) is 19.9. The number of hydrogen-bond donors (Lipinski definition) is 0. The second-order valence-electron chi connectivity index (χ2n) is 5.92. The van der Waals surface area contributed by atoms with Crippen molar-refractivity contribution in [3.8, 4) is 5.75 Å². The van der Waals surface area contributed by atoms with E-state index in [2.05, 4.69) is 10.1 Å². The molecule has 0 spiro atoms. The zero-order valence-corrected chi connectivity index (χ0v) is 16.4. The average molecular weight is 419 g/mol. The van der Waals surface area contributed by atoms with E-state index in [1.165, 1.54) is 30.5 Å². The highest BCUT2D eigenvalue weighted by Gasteiger charge is 2.33. The molecule has 9 heteroatoms. The van der Waals surface area contributed by atoms with Gasteiger partial charge in [0.1, 0.15) is 11.7 Å². The van der Waals surface area contributed by atoms with Gasteiger partial charge in [-0.3, -0.25) is 9.79 Å². The molecule has 1 heterocycles. The topological polar surface area (TPSA) is 94.4 Å². The van der Waals surface area contributed by atoms with Crippen LogP contribution < -0.4 is 14.9 Å². The van der Waals surface area contributed by atoms with Gasteiger partial charge in [-0.1, -0.05) is 23.2 Å². The minimum Gasteiger partial charge on any atom is -0.545 e. The number of aromatic carboxylic acids is 1. The Labute approximate surface area is 170 Å². The highest BCUT2D eigenvalue weighted by molar-refractivity contribution is 6.33. The van der Waals surface area contributed by atoms with Crippen molar-refractivity contribution in [2.24, 2.45) is 16.0 Å². The number of anilines is 1. The molecule has 1 amide bonds. The third-order valence-electron chi connectivity index (χ3n) is 4.10. The second-order valence-corrected chi connectivity index (χ2v) is 6.73. The van der Waals surface area contributed by atoms with E-state index in [-0.39, 0.29) is 16.5 Å². The summed E-state index contributed by atoms with van der Waals surface area (Å²) in [5, 5.41) is 17.1. The number of benzene rings is 2. The fraction of sp³-hybridized carbons (Fsp3) is 0.158. The predicted octanol–water partition coefficient (Wildman–Crippen LogP) is 3.11. The molecule has 1 atom stereocenters. The van der Waals surface area contributed by atoms with E-state index in [4.69, 9.17) is 27.9 Å². The summed E-state index contributed by atoms with van der Waals surface area (Å²) in [6.45, 7) is 1.70. The number of methoxy groups -OCH3 is 1. The molecule has 0 radical (unpaired) electrons. The van der Waals surface area contributed by atoms with Crippen LogP contribution >= 0.6 is 23.2 Å². The number of ether oxygens (including phenoxy) is 1. The summed E-state index contributed by atoms with van der Waals surface area (Å²) in [5.41, 5.74) is 1.20. The predicted molar refractivity (Wildman–Crippen MR) is 106 cm³/mol. The number of carboxylic acid groups (broad SMARTS) is 1. The molecule has 0 aliphatic carbocycles. The highest BCUT2D eigenvalue weighted by Crippen LogP contribution is 2.32. The Balaban J connectivity index is 1.84. The van der Waals surface area contributed by atoms with Crippen LogP contribution in [0.2, 0.25) is 10.0 Å². The maximum atomic E-state index is 12.8. The van der Waals surface area contributed by atoms with E-state index in [0.717, 1.165) is 0 Å². The van der Waals surface area contributed by atoms with Gasteiger partial charge in [0.15, 0.2) is 0 Å². The Morgan fingerprint density at radius 1 is 1.25 bits per heavy atom. The van der Waals surface area contributed by atoms with Crippen LogP contribution in [-0.2, 0) is 4.79 Å². The molecule has 0 N–H and O–H groups in total. The zero-order valence-electron chi connectivity index (χ0n) is 14.8. The van der Waals surface area contributed by atoms with Crippen LogP contribution in [0.15, 0.2) is 46.5 Å². The molecule has 1 aliphatic heterocycles. The monoisotopic (exact) mass is 418 g/mol. The summed E-state index contributed by atoms with van der Waals surface area (Å²) >= 11 is 11.8. The number of carbonyl (C=O) groups excluding carboxylic acids is 2. The molecule has 1 unspecified atom stereocenters. The molecule has 2 aromatic rings. The van der Waals surface area contributed by atoms with Crippen LogP contribution in [0.3, 0.4) is 0 Å². The minimum atomic E-state index is -1.40. The molecule has 144 valence electrons. The quantitative estimate of drug-likeness (QED) is 0.696. The largest absolute Gasteiger partial charge is 0.545 e. The number of amides is 1.